The van der Waals surface area contributed by atoms with Crippen LogP contribution in [0.4, 0.5) is 4.79 Å². The number of hydrogen-bond donors (Lipinski definition) is 2. The zero-order chi connectivity index (χ0) is 16.0. The number of ether oxygens (including phenoxy) is 1. The Hall–Kier alpha value is -1.59. The predicted octanol–water partition coefficient (Wildman–Crippen LogP) is 2.50. The number of carboxylic acid groups (broad SMARTS) is 1. The monoisotopic (exact) mass is 287 g/mol. The van der Waals surface area contributed by atoms with Crippen molar-refractivity contribution < 1.29 is 24.2 Å². The molecule has 116 valence electrons. The molecule has 0 aliphatic heterocycles. The highest BCUT2D eigenvalue weighted by Crippen LogP contribution is 2.20. The SMILES string of the molecule is CCC(=O)CC[C@](CC)(NC(=O)OC(C)(C)C)C(=O)O. The summed E-state index contributed by atoms with van der Waals surface area (Å²) in [6, 6.07) is 0. The Kier molecular flexibility index (Phi) is 6.68. The van der Waals surface area contributed by atoms with Crippen LogP contribution in [0.5, 0.6) is 0 Å². The molecule has 0 saturated heterocycles. The van der Waals surface area contributed by atoms with E-state index in [9.17, 15) is 19.5 Å². The molecule has 0 fully saturated rings. The van der Waals surface area contributed by atoms with Crippen LogP contribution in [0.3, 0.4) is 0 Å². The first-order chi connectivity index (χ1) is 9.06. The number of carbonyl (C=O) groups excluding carboxylic acids is 2. The number of hydrogen-bond acceptors (Lipinski definition) is 4. The van der Waals surface area contributed by atoms with Crippen LogP contribution in [0.25, 0.3) is 0 Å². The first-order valence-corrected chi connectivity index (χ1v) is 6.82. The normalized spacial score (nSPS) is 14.2. The Balaban J connectivity index is 4.91. The summed E-state index contributed by atoms with van der Waals surface area (Å²) in [5, 5.41) is 11.8. The van der Waals surface area contributed by atoms with Crippen LogP contribution in [-0.2, 0) is 14.3 Å². The Morgan fingerprint density at radius 1 is 1.15 bits per heavy atom. The van der Waals surface area contributed by atoms with E-state index in [4.69, 9.17) is 4.74 Å². The van der Waals surface area contributed by atoms with Crippen LogP contribution in [0.2, 0.25) is 0 Å². The van der Waals surface area contributed by atoms with E-state index in [0.717, 1.165) is 0 Å². The number of aliphatic carboxylic acids is 1. The standard InChI is InChI=1S/C14H25NO5/c1-6-10(16)8-9-14(7-2,11(17)18)15-12(19)20-13(3,4)5/h6-9H2,1-5H3,(H,15,19)(H,17,18)/t14-/m0/s1. The van der Waals surface area contributed by atoms with Gasteiger partial charge in [-0.05, 0) is 33.6 Å². The second kappa shape index (κ2) is 7.26. The van der Waals surface area contributed by atoms with Gasteiger partial charge in [0.15, 0.2) is 0 Å². The van der Waals surface area contributed by atoms with E-state index in [1.54, 1.807) is 34.6 Å². The third-order valence-electron chi connectivity index (χ3n) is 2.98. The van der Waals surface area contributed by atoms with E-state index in [1.165, 1.54) is 0 Å². The van der Waals surface area contributed by atoms with Crippen LogP contribution >= 0.6 is 0 Å². The number of Topliss-reactive ketones (excluding diaryl/α,β-unsaturated/α-hetero) is 1. The summed E-state index contributed by atoms with van der Waals surface area (Å²) in [5.41, 5.74) is -2.17. The predicted molar refractivity (Wildman–Crippen MR) is 74.6 cm³/mol. The third-order valence-corrected chi connectivity index (χ3v) is 2.98. The van der Waals surface area contributed by atoms with E-state index >= 15 is 0 Å². The van der Waals surface area contributed by atoms with Crippen molar-refractivity contribution in [2.45, 2.75) is 71.4 Å². The van der Waals surface area contributed by atoms with E-state index in [-0.39, 0.29) is 25.0 Å². The second-order valence-corrected chi connectivity index (χ2v) is 5.76. The van der Waals surface area contributed by atoms with Crippen LogP contribution < -0.4 is 5.32 Å². The average molecular weight is 287 g/mol. The van der Waals surface area contributed by atoms with Gasteiger partial charge in [-0.2, -0.15) is 0 Å². The summed E-state index contributed by atoms with van der Waals surface area (Å²) in [5.74, 6) is -1.19. The maximum Gasteiger partial charge on any atom is 0.408 e. The number of amides is 1. The zero-order valence-corrected chi connectivity index (χ0v) is 12.9. The van der Waals surface area contributed by atoms with Crippen LogP contribution in [-0.4, -0.2) is 34.1 Å². The molecule has 0 heterocycles. The molecule has 0 spiro atoms. The number of rotatable bonds is 7. The topological polar surface area (TPSA) is 92.7 Å². The van der Waals surface area contributed by atoms with Crippen LogP contribution in [0, 0.1) is 0 Å². The second-order valence-electron chi connectivity index (χ2n) is 5.76. The molecule has 0 aromatic rings. The highest BCUT2D eigenvalue weighted by molar-refractivity contribution is 5.86. The Labute approximate surface area is 119 Å². The van der Waals surface area contributed by atoms with Gasteiger partial charge >= 0.3 is 12.1 Å². The molecule has 6 heteroatoms. The summed E-state index contributed by atoms with van der Waals surface area (Å²) in [7, 11) is 0. The molecular weight excluding hydrogens is 262 g/mol. The van der Waals surface area contributed by atoms with Crippen LogP contribution in [0.1, 0.15) is 60.3 Å². The van der Waals surface area contributed by atoms with Gasteiger partial charge in [0, 0.05) is 12.8 Å². The molecule has 1 atom stereocenters. The molecule has 0 aromatic carbocycles. The molecule has 0 bridgehead atoms. The summed E-state index contributed by atoms with van der Waals surface area (Å²) in [4.78, 5) is 34.6. The molecule has 0 unspecified atom stereocenters. The maximum atomic E-state index is 11.8. The fraction of sp³-hybridized carbons (Fsp3) is 0.786. The number of carboxylic acids is 1. The van der Waals surface area contributed by atoms with Gasteiger partial charge in [-0.25, -0.2) is 9.59 Å². The van der Waals surface area contributed by atoms with E-state index < -0.39 is 23.2 Å². The number of alkyl carbamates (subject to hydrolysis) is 1. The maximum absolute atomic E-state index is 11.8. The van der Waals surface area contributed by atoms with Gasteiger partial charge in [-0.15, -0.1) is 0 Å². The van der Waals surface area contributed by atoms with Gasteiger partial charge in [0.1, 0.15) is 16.9 Å². The number of carbonyl (C=O) groups is 3. The van der Waals surface area contributed by atoms with Gasteiger partial charge in [-0.3, -0.25) is 4.79 Å². The van der Waals surface area contributed by atoms with Crippen molar-refractivity contribution in [2.75, 3.05) is 0 Å². The lowest BCUT2D eigenvalue weighted by Crippen LogP contribution is -2.55. The molecule has 20 heavy (non-hydrogen) atoms. The summed E-state index contributed by atoms with van der Waals surface area (Å²) in [6.45, 7) is 8.46. The van der Waals surface area contributed by atoms with E-state index in [1.807, 2.05) is 0 Å². The lowest BCUT2D eigenvalue weighted by atomic mass is 9.89. The van der Waals surface area contributed by atoms with Crippen molar-refractivity contribution in [1.29, 1.82) is 0 Å². The van der Waals surface area contributed by atoms with Crippen LogP contribution in [0.15, 0.2) is 0 Å². The smallest absolute Gasteiger partial charge is 0.408 e. The minimum absolute atomic E-state index is 0.0323. The minimum Gasteiger partial charge on any atom is -0.480 e. The molecular formula is C14H25NO5. The van der Waals surface area contributed by atoms with Gasteiger partial charge in [0.05, 0.1) is 0 Å². The Bertz CT molecular complexity index is 372. The van der Waals surface area contributed by atoms with Gasteiger partial charge in [0.25, 0.3) is 0 Å². The van der Waals surface area contributed by atoms with Crippen molar-refractivity contribution in [3.63, 3.8) is 0 Å². The van der Waals surface area contributed by atoms with Crippen molar-refractivity contribution in [2.24, 2.45) is 0 Å². The summed E-state index contributed by atoms with van der Waals surface area (Å²) >= 11 is 0. The molecule has 0 aliphatic rings. The summed E-state index contributed by atoms with van der Waals surface area (Å²) < 4.78 is 5.08. The minimum atomic E-state index is -1.47. The quantitative estimate of drug-likeness (QED) is 0.750. The summed E-state index contributed by atoms with van der Waals surface area (Å²) in [6.07, 6.45) is -0.0765. The van der Waals surface area contributed by atoms with Crippen molar-refractivity contribution in [1.82, 2.24) is 5.32 Å². The number of ketones is 1. The fourth-order valence-corrected chi connectivity index (χ4v) is 1.67. The third kappa shape index (κ3) is 6.04. The van der Waals surface area contributed by atoms with Crippen molar-refractivity contribution in [3.8, 4) is 0 Å². The molecule has 1 amide bonds. The molecule has 0 aromatic heterocycles. The largest absolute Gasteiger partial charge is 0.480 e. The Morgan fingerprint density at radius 2 is 1.70 bits per heavy atom. The van der Waals surface area contributed by atoms with Gasteiger partial charge in [0.2, 0.25) is 0 Å². The zero-order valence-electron chi connectivity index (χ0n) is 12.9. The highest BCUT2D eigenvalue weighted by Gasteiger charge is 2.39. The highest BCUT2D eigenvalue weighted by atomic mass is 16.6. The lowest BCUT2D eigenvalue weighted by Gasteiger charge is -2.30. The first-order valence-electron chi connectivity index (χ1n) is 6.82. The number of nitrogens with one attached hydrogen (secondary N) is 1. The molecule has 0 radical (unpaired) electrons. The fourth-order valence-electron chi connectivity index (χ4n) is 1.67. The lowest BCUT2D eigenvalue weighted by molar-refractivity contribution is -0.145. The Morgan fingerprint density at radius 3 is 2.05 bits per heavy atom. The molecule has 0 aliphatic carbocycles. The van der Waals surface area contributed by atoms with Crippen molar-refractivity contribution in [3.05, 3.63) is 0 Å². The van der Waals surface area contributed by atoms with Gasteiger partial charge in [-0.1, -0.05) is 13.8 Å². The van der Waals surface area contributed by atoms with Gasteiger partial charge < -0.3 is 15.2 Å². The first kappa shape index (κ1) is 18.4. The van der Waals surface area contributed by atoms with E-state index in [0.29, 0.717) is 6.42 Å². The molecule has 0 rings (SSSR count). The van der Waals surface area contributed by atoms with Crippen molar-refractivity contribution >= 4 is 17.8 Å². The molecule has 6 nitrogen and oxygen atoms in total. The van der Waals surface area contributed by atoms with E-state index in [2.05, 4.69) is 5.32 Å². The molecule has 2 N–H and O–H groups in total. The molecule has 0 saturated carbocycles. The average Bonchev–Trinajstić information content (AvgIpc) is 2.31.